The Morgan fingerprint density at radius 3 is 2.50 bits per heavy atom. The van der Waals surface area contributed by atoms with Gasteiger partial charge < -0.3 is 10.2 Å². The molecule has 0 aliphatic heterocycles. The van der Waals surface area contributed by atoms with E-state index in [2.05, 4.69) is 47.3 Å². The van der Waals surface area contributed by atoms with Crippen molar-refractivity contribution in [2.75, 3.05) is 24.3 Å². The highest BCUT2D eigenvalue weighted by molar-refractivity contribution is 7.17. The Morgan fingerprint density at radius 1 is 1.12 bits per heavy atom. The molecule has 0 aliphatic rings. The maximum Gasteiger partial charge on any atom is 0.267 e. The van der Waals surface area contributed by atoms with Crippen molar-refractivity contribution < 1.29 is 4.79 Å². The Balaban J connectivity index is 1.83. The molecule has 134 valence electrons. The second-order valence-electron chi connectivity index (χ2n) is 6.51. The van der Waals surface area contributed by atoms with E-state index in [1.807, 2.05) is 38.1 Å². The summed E-state index contributed by atoms with van der Waals surface area (Å²) in [5, 5.41) is 3.77. The molecule has 5 nitrogen and oxygen atoms in total. The van der Waals surface area contributed by atoms with Crippen LogP contribution in [0.15, 0.2) is 36.5 Å². The van der Waals surface area contributed by atoms with E-state index in [1.54, 1.807) is 6.20 Å². The Morgan fingerprint density at radius 2 is 1.88 bits per heavy atom. The van der Waals surface area contributed by atoms with Crippen LogP contribution in [0.4, 0.5) is 11.5 Å². The number of anilines is 2. The first-order valence-electron chi connectivity index (χ1n) is 8.35. The molecule has 0 saturated carbocycles. The average molecular weight is 366 g/mol. The molecule has 0 spiro atoms. The molecule has 0 saturated heterocycles. The van der Waals surface area contributed by atoms with Gasteiger partial charge in [-0.05, 0) is 38.5 Å². The molecule has 1 aromatic carbocycles. The summed E-state index contributed by atoms with van der Waals surface area (Å²) in [6.45, 7) is 6.00. The van der Waals surface area contributed by atoms with Crippen LogP contribution in [0, 0.1) is 20.8 Å². The molecule has 0 radical (unpaired) electrons. The van der Waals surface area contributed by atoms with E-state index < -0.39 is 0 Å². The summed E-state index contributed by atoms with van der Waals surface area (Å²) in [5.74, 6) is 0.685. The van der Waals surface area contributed by atoms with Gasteiger partial charge in [0.15, 0.2) is 0 Å². The molecule has 0 unspecified atom stereocenters. The number of thiazole rings is 1. The molecule has 0 aliphatic carbocycles. The third-order valence-electron chi connectivity index (χ3n) is 4.08. The van der Waals surface area contributed by atoms with Gasteiger partial charge in [-0.1, -0.05) is 23.8 Å². The van der Waals surface area contributed by atoms with Crippen LogP contribution in [0.1, 0.15) is 26.5 Å². The molecular weight excluding hydrogens is 344 g/mol. The van der Waals surface area contributed by atoms with Crippen molar-refractivity contribution in [3.63, 3.8) is 0 Å². The molecule has 1 amide bonds. The highest BCUT2D eigenvalue weighted by Gasteiger charge is 2.17. The average Bonchev–Trinajstić information content (AvgIpc) is 2.97. The summed E-state index contributed by atoms with van der Waals surface area (Å²) in [6, 6.07) is 9.98. The first kappa shape index (κ1) is 18.1. The number of rotatable bonds is 4. The quantitative estimate of drug-likeness (QED) is 0.741. The summed E-state index contributed by atoms with van der Waals surface area (Å²) >= 11 is 1.42. The summed E-state index contributed by atoms with van der Waals surface area (Å²) in [6.07, 6.45) is 1.66. The molecule has 3 aromatic rings. The summed E-state index contributed by atoms with van der Waals surface area (Å²) in [5.41, 5.74) is 4.85. The van der Waals surface area contributed by atoms with E-state index in [0.717, 1.165) is 27.6 Å². The Kier molecular flexibility index (Phi) is 5.04. The Bertz CT molecular complexity index is 945. The van der Waals surface area contributed by atoms with Gasteiger partial charge >= 0.3 is 0 Å². The Hall–Kier alpha value is -2.73. The van der Waals surface area contributed by atoms with Crippen molar-refractivity contribution in [1.29, 1.82) is 0 Å². The van der Waals surface area contributed by atoms with E-state index in [1.165, 1.54) is 16.9 Å². The van der Waals surface area contributed by atoms with Crippen molar-refractivity contribution >= 4 is 28.7 Å². The summed E-state index contributed by atoms with van der Waals surface area (Å²) < 4.78 is 0. The molecule has 2 aromatic heterocycles. The number of nitrogens with zero attached hydrogens (tertiary/aromatic N) is 3. The predicted octanol–water partition coefficient (Wildman–Crippen LogP) is 4.45. The molecule has 3 rings (SSSR count). The Labute approximate surface area is 157 Å². The van der Waals surface area contributed by atoms with Crippen LogP contribution in [0.3, 0.4) is 0 Å². The van der Waals surface area contributed by atoms with Gasteiger partial charge in [-0.3, -0.25) is 4.79 Å². The lowest BCUT2D eigenvalue weighted by atomic mass is 10.1. The molecule has 0 atom stereocenters. The highest BCUT2D eigenvalue weighted by Crippen LogP contribution is 2.31. The largest absolute Gasteiger partial charge is 0.363 e. The van der Waals surface area contributed by atoms with Gasteiger partial charge in [-0.25, -0.2) is 9.97 Å². The van der Waals surface area contributed by atoms with Gasteiger partial charge in [0.2, 0.25) is 0 Å². The van der Waals surface area contributed by atoms with Crippen LogP contribution in [0.25, 0.3) is 10.6 Å². The minimum Gasteiger partial charge on any atom is -0.363 e. The fourth-order valence-corrected chi connectivity index (χ4v) is 3.74. The van der Waals surface area contributed by atoms with Crippen molar-refractivity contribution in [1.82, 2.24) is 9.97 Å². The number of aromatic nitrogens is 2. The number of hydrogen-bond donors (Lipinski definition) is 1. The predicted molar refractivity (Wildman–Crippen MR) is 108 cm³/mol. The first-order valence-corrected chi connectivity index (χ1v) is 9.16. The van der Waals surface area contributed by atoms with E-state index in [4.69, 9.17) is 0 Å². The van der Waals surface area contributed by atoms with Crippen LogP contribution in [0.2, 0.25) is 0 Å². The number of amides is 1. The third kappa shape index (κ3) is 3.75. The van der Waals surface area contributed by atoms with Gasteiger partial charge in [0.05, 0.1) is 17.6 Å². The number of nitrogens with one attached hydrogen (secondary N) is 1. The number of benzene rings is 1. The van der Waals surface area contributed by atoms with E-state index >= 15 is 0 Å². The lowest BCUT2D eigenvalue weighted by molar-refractivity contribution is 0.103. The van der Waals surface area contributed by atoms with Crippen LogP contribution in [-0.4, -0.2) is 30.0 Å². The molecule has 26 heavy (non-hydrogen) atoms. The number of aryl methyl sites for hydroxylation is 3. The molecule has 1 N–H and O–H groups in total. The summed E-state index contributed by atoms with van der Waals surface area (Å²) in [7, 11) is 3.85. The zero-order chi connectivity index (χ0) is 18.8. The van der Waals surface area contributed by atoms with Crippen molar-refractivity contribution in [3.8, 4) is 10.6 Å². The van der Waals surface area contributed by atoms with Crippen LogP contribution in [0.5, 0.6) is 0 Å². The smallest absolute Gasteiger partial charge is 0.267 e. The topological polar surface area (TPSA) is 58.1 Å². The number of pyridine rings is 1. The minimum absolute atomic E-state index is 0.157. The van der Waals surface area contributed by atoms with Crippen molar-refractivity contribution in [2.45, 2.75) is 20.8 Å². The highest BCUT2D eigenvalue weighted by atomic mass is 32.1. The first-order chi connectivity index (χ1) is 12.3. The lowest BCUT2D eigenvalue weighted by Gasteiger charge is -2.11. The number of carbonyl (C=O) groups excluding carboxylic acids is 1. The zero-order valence-corrected chi connectivity index (χ0v) is 16.4. The standard InChI is InChI=1S/C20H22N4OS/c1-12-6-8-16(13(2)10-12)20-22-14(3)18(26-20)19(25)23-15-7-9-17(21-11-15)24(4)5/h6-11H,1-5H3,(H,23,25). The fourth-order valence-electron chi connectivity index (χ4n) is 2.69. The van der Waals surface area contributed by atoms with Gasteiger partial charge in [-0.2, -0.15) is 0 Å². The van der Waals surface area contributed by atoms with Gasteiger partial charge in [0.1, 0.15) is 15.7 Å². The second-order valence-corrected chi connectivity index (χ2v) is 7.50. The number of carbonyl (C=O) groups is 1. The maximum absolute atomic E-state index is 12.7. The SMILES string of the molecule is Cc1ccc(-c2nc(C)c(C(=O)Nc3ccc(N(C)C)nc3)s2)c(C)c1. The molecular formula is C20H22N4OS. The fraction of sp³-hybridized carbons (Fsp3) is 0.250. The van der Waals surface area contributed by atoms with Gasteiger partial charge in [-0.15, -0.1) is 11.3 Å². The van der Waals surface area contributed by atoms with Crippen LogP contribution < -0.4 is 10.2 Å². The van der Waals surface area contributed by atoms with E-state index in [0.29, 0.717) is 10.6 Å². The molecule has 0 fully saturated rings. The lowest BCUT2D eigenvalue weighted by Crippen LogP contribution is -2.13. The molecule has 2 heterocycles. The van der Waals surface area contributed by atoms with Crippen LogP contribution in [-0.2, 0) is 0 Å². The van der Waals surface area contributed by atoms with Crippen LogP contribution >= 0.6 is 11.3 Å². The van der Waals surface area contributed by atoms with E-state index in [9.17, 15) is 4.79 Å². The monoisotopic (exact) mass is 366 g/mol. The van der Waals surface area contributed by atoms with Gasteiger partial charge in [0, 0.05) is 19.7 Å². The molecule has 6 heteroatoms. The van der Waals surface area contributed by atoms with Gasteiger partial charge in [0.25, 0.3) is 5.91 Å². The van der Waals surface area contributed by atoms with Crippen molar-refractivity contribution in [2.24, 2.45) is 0 Å². The van der Waals surface area contributed by atoms with Crippen molar-refractivity contribution in [3.05, 3.63) is 58.2 Å². The minimum atomic E-state index is -0.157. The second kappa shape index (κ2) is 7.25. The van der Waals surface area contributed by atoms with E-state index in [-0.39, 0.29) is 5.91 Å². The maximum atomic E-state index is 12.7. The zero-order valence-electron chi connectivity index (χ0n) is 15.6. The molecule has 0 bridgehead atoms. The summed E-state index contributed by atoms with van der Waals surface area (Å²) in [4.78, 5) is 24.1. The number of hydrogen-bond acceptors (Lipinski definition) is 5. The normalized spacial score (nSPS) is 10.7. The third-order valence-corrected chi connectivity index (χ3v) is 5.27.